The molecule has 3 N–H and O–H groups in total. The highest BCUT2D eigenvalue weighted by Crippen LogP contribution is 2.68. The molecule has 0 aromatic rings. The van der Waals surface area contributed by atoms with Gasteiger partial charge in [-0.05, 0) is 123 Å². The van der Waals surface area contributed by atoms with Crippen LogP contribution in [0.4, 0.5) is 0 Å². The average molecular weight is 461 g/mol. The maximum absolute atomic E-state index is 10.9. The molecule has 0 aromatic heterocycles. The van der Waals surface area contributed by atoms with Crippen LogP contribution in [0.25, 0.3) is 0 Å². The molecule has 5 fully saturated rings. The fraction of sp³-hybridized carbons (Fsp3) is 1.00. The summed E-state index contributed by atoms with van der Waals surface area (Å²) in [6.45, 7) is 7.65. The first-order valence-corrected chi connectivity index (χ1v) is 14.8. The Kier molecular flexibility index (Phi) is 6.76. The first-order chi connectivity index (χ1) is 15.6. The summed E-state index contributed by atoms with van der Waals surface area (Å²) in [5.41, 5.74) is 0.791. The van der Waals surface area contributed by atoms with E-state index in [4.69, 9.17) is 0 Å². The molecule has 3 heteroatoms. The van der Waals surface area contributed by atoms with Crippen molar-refractivity contribution in [2.45, 2.75) is 135 Å². The quantitative estimate of drug-likeness (QED) is 0.401. The van der Waals surface area contributed by atoms with Crippen LogP contribution in [0.1, 0.15) is 124 Å². The Hall–Kier alpha value is -0.120. The third-order valence-corrected chi connectivity index (χ3v) is 12.6. The normalized spacial score (nSPS) is 47.3. The Morgan fingerprint density at radius 1 is 0.758 bits per heavy atom. The summed E-state index contributed by atoms with van der Waals surface area (Å²) in [7, 11) is 0. The van der Waals surface area contributed by atoms with Crippen molar-refractivity contribution in [2.75, 3.05) is 0 Å². The molecule has 190 valence electrons. The second-order valence-electron chi connectivity index (χ2n) is 14.1. The molecule has 0 amide bonds. The summed E-state index contributed by atoms with van der Waals surface area (Å²) in [5, 5.41) is 31.5. The van der Waals surface area contributed by atoms with E-state index in [1.807, 2.05) is 0 Å². The lowest BCUT2D eigenvalue weighted by atomic mass is 9.44. The number of aliphatic hydroxyl groups is 3. The SMILES string of the molecule is C[C@H](CC[C@@H](O)C1CCCCC1)[C@H]1CC[C@H]2[C@@H]3CC[C@H]4CC(O)(O)CC[C@]4(C)[C@H]3CC[C@]12C. The lowest BCUT2D eigenvalue weighted by Crippen LogP contribution is -2.56. The number of aliphatic hydroxyl groups excluding tert-OH is 1. The summed E-state index contributed by atoms with van der Waals surface area (Å²) in [5.74, 6) is 3.67. The minimum atomic E-state index is -1.42. The zero-order valence-electron chi connectivity index (χ0n) is 21.8. The molecule has 5 rings (SSSR count). The van der Waals surface area contributed by atoms with Crippen molar-refractivity contribution in [3.63, 3.8) is 0 Å². The van der Waals surface area contributed by atoms with Crippen molar-refractivity contribution < 1.29 is 15.3 Å². The molecule has 0 saturated heterocycles. The van der Waals surface area contributed by atoms with E-state index in [0.717, 1.165) is 42.4 Å². The Labute approximate surface area is 203 Å². The summed E-state index contributed by atoms with van der Waals surface area (Å²) in [6, 6.07) is 0. The van der Waals surface area contributed by atoms with Crippen LogP contribution in [0.2, 0.25) is 0 Å². The van der Waals surface area contributed by atoms with Gasteiger partial charge in [0.15, 0.2) is 5.79 Å². The molecule has 0 aliphatic heterocycles. The lowest BCUT2D eigenvalue weighted by Gasteiger charge is -2.61. The van der Waals surface area contributed by atoms with Gasteiger partial charge in [0, 0.05) is 12.8 Å². The third kappa shape index (κ3) is 4.35. The molecule has 0 aromatic carbocycles. The van der Waals surface area contributed by atoms with E-state index in [9.17, 15) is 15.3 Å². The fourth-order valence-corrected chi connectivity index (χ4v) is 10.6. The number of hydrogen-bond donors (Lipinski definition) is 3. The molecule has 0 bridgehead atoms. The van der Waals surface area contributed by atoms with E-state index >= 15 is 0 Å². The van der Waals surface area contributed by atoms with Gasteiger partial charge in [-0.2, -0.15) is 0 Å². The maximum Gasteiger partial charge on any atom is 0.162 e. The molecule has 5 aliphatic carbocycles. The van der Waals surface area contributed by atoms with Gasteiger partial charge in [0.05, 0.1) is 6.10 Å². The van der Waals surface area contributed by atoms with Crippen molar-refractivity contribution in [1.82, 2.24) is 0 Å². The van der Waals surface area contributed by atoms with Gasteiger partial charge < -0.3 is 15.3 Å². The summed E-state index contributed by atoms with van der Waals surface area (Å²) < 4.78 is 0. The zero-order valence-corrected chi connectivity index (χ0v) is 21.8. The minimum Gasteiger partial charge on any atom is -0.393 e. The molecule has 5 saturated carbocycles. The van der Waals surface area contributed by atoms with Crippen LogP contribution in [-0.2, 0) is 0 Å². The molecule has 9 atom stereocenters. The highest BCUT2D eigenvalue weighted by molar-refractivity contribution is 5.10. The first-order valence-electron chi connectivity index (χ1n) is 14.8. The second-order valence-corrected chi connectivity index (χ2v) is 14.1. The van der Waals surface area contributed by atoms with Gasteiger partial charge in [-0.15, -0.1) is 0 Å². The molecular weight excluding hydrogens is 408 g/mol. The van der Waals surface area contributed by atoms with Crippen molar-refractivity contribution >= 4 is 0 Å². The highest BCUT2D eigenvalue weighted by Gasteiger charge is 2.61. The second kappa shape index (κ2) is 9.07. The van der Waals surface area contributed by atoms with Crippen LogP contribution in [0.3, 0.4) is 0 Å². The van der Waals surface area contributed by atoms with Gasteiger partial charge in [-0.3, -0.25) is 0 Å². The first kappa shape index (κ1) is 24.6. The summed E-state index contributed by atoms with van der Waals surface area (Å²) in [6.07, 6.45) is 18.8. The molecule has 0 radical (unpaired) electrons. The van der Waals surface area contributed by atoms with Crippen molar-refractivity contribution in [3.8, 4) is 0 Å². The summed E-state index contributed by atoms with van der Waals surface area (Å²) in [4.78, 5) is 0. The Morgan fingerprint density at radius 3 is 2.24 bits per heavy atom. The molecular formula is C30H52O3. The largest absolute Gasteiger partial charge is 0.393 e. The Balaban J connectivity index is 1.23. The van der Waals surface area contributed by atoms with Gasteiger partial charge in [0.1, 0.15) is 0 Å². The van der Waals surface area contributed by atoms with E-state index in [-0.39, 0.29) is 6.10 Å². The van der Waals surface area contributed by atoms with E-state index in [0.29, 0.717) is 35.5 Å². The van der Waals surface area contributed by atoms with Gasteiger partial charge in [-0.25, -0.2) is 0 Å². The highest BCUT2D eigenvalue weighted by atomic mass is 16.5. The predicted octanol–water partition coefficient (Wildman–Crippen LogP) is 6.68. The predicted molar refractivity (Wildman–Crippen MR) is 133 cm³/mol. The maximum atomic E-state index is 10.9. The lowest BCUT2D eigenvalue weighted by molar-refractivity contribution is -0.233. The molecule has 33 heavy (non-hydrogen) atoms. The van der Waals surface area contributed by atoms with E-state index in [2.05, 4.69) is 20.8 Å². The van der Waals surface area contributed by atoms with Gasteiger partial charge >= 0.3 is 0 Å². The summed E-state index contributed by atoms with van der Waals surface area (Å²) >= 11 is 0. The fourth-order valence-electron chi connectivity index (χ4n) is 10.6. The molecule has 0 heterocycles. The van der Waals surface area contributed by atoms with Crippen LogP contribution in [0.5, 0.6) is 0 Å². The van der Waals surface area contributed by atoms with Gasteiger partial charge in [-0.1, -0.05) is 40.0 Å². The number of rotatable bonds is 5. The van der Waals surface area contributed by atoms with Gasteiger partial charge in [0.2, 0.25) is 0 Å². The number of hydrogen-bond acceptors (Lipinski definition) is 3. The van der Waals surface area contributed by atoms with Crippen LogP contribution in [0, 0.1) is 52.3 Å². The Bertz CT molecular complexity index is 684. The zero-order chi connectivity index (χ0) is 23.4. The Morgan fingerprint density at radius 2 is 1.48 bits per heavy atom. The standard InChI is InChI=1S/C30H52O3/c1-20(9-14-27(31)21-7-5-4-6-8-21)24-12-13-25-23-11-10-22-19-30(32,33)18-17-28(22,2)26(23)15-16-29(24,25)3/h20-27,31-33H,4-19H2,1-3H3/t20-,22+,23+,24-,25+,26+,27-,28+,29-/m1/s1. The molecule has 0 unspecified atom stereocenters. The van der Waals surface area contributed by atoms with E-state index in [1.165, 1.54) is 77.0 Å². The van der Waals surface area contributed by atoms with Crippen molar-refractivity contribution in [2.24, 2.45) is 52.3 Å². The van der Waals surface area contributed by atoms with E-state index < -0.39 is 5.79 Å². The topological polar surface area (TPSA) is 60.7 Å². The van der Waals surface area contributed by atoms with Gasteiger partial charge in [0.25, 0.3) is 0 Å². The van der Waals surface area contributed by atoms with E-state index in [1.54, 1.807) is 0 Å². The van der Waals surface area contributed by atoms with Crippen molar-refractivity contribution in [1.29, 1.82) is 0 Å². The smallest absolute Gasteiger partial charge is 0.162 e. The monoisotopic (exact) mass is 460 g/mol. The number of fused-ring (bicyclic) bond motifs is 5. The van der Waals surface area contributed by atoms with Crippen LogP contribution in [-0.4, -0.2) is 27.2 Å². The van der Waals surface area contributed by atoms with Crippen LogP contribution >= 0.6 is 0 Å². The van der Waals surface area contributed by atoms with Crippen molar-refractivity contribution in [3.05, 3.63) is 0 Å². The molecule has 5 aliphatic rings. The van der Waals surface area contributed by atoms with Crippen LogP contribution in [0.15, 0.2) is 0 Å². The minimum absolute atomic E-state index is 0.0693. The van der Waals surface area contributed by atoms with Crippen LogP contribution < -0.4 is 0 Å². The third-order valence-electron chi connectivity index (χ3n) is 12.6. The average Bonchev–Trinajstić information content (AvgIpc) is 3.15. The molecule has 3 nitrogen and oxygen atoms in total. The molecule has 0 spiro atoms.